The van der Waals surface area contributed by atoms with Gasteiger partial charge in [0.2, 0.25) is 0 Å². The van der Waals surface area contributed by atoms with E-state index in [2.05, 4.69) is 38.2 Å². The van der Waals surface area contributed by atoms with E-state index in [1.165, 1.54) is 122 Å². The van der Waals surface area contributed by atoms with Crippen LogP contribution in [0.5, 0.6) is 0 Å². The zero-order valence-corrected chi connectivity index (χ0v) is 32.1. The summed E-state index contributed by atoms with van der Waals surface area (Å²) >= 11 is 0. The number of ether oxygens (including phenoxy) is 2. The van der Waals surface area contributed by atoms with Crippen molar-refractivity contribution < 1.29 is 19.1 Å². The molecule has 0 aliphatic carbocycles. The molecule has 5 nitrogen and oxygen atoms in total. The van der Waals surface area contributed by atoms with Gasteiger partial charge in [0.25, 0.3) is 0 Å². The van der Waals surface area contributed by atoms with Gasteiger partial charge in [0.15, 0.2) is 0 Å². The van der Waals surface area contributed by atoms with Crippen LogP contribution in [0.4, 0.5) is 0 Å². The lowest BCUT2D eigenvalue weighted by atomic mass is 10.0. The van der Waals surface area contributed by atoms with E-state index < -0.39 is 6.10 Å². The molecular weight excluding hydrogens is 582 g/mol. The summed E-state index contributed by atoms with van der Waals surface area (Å²) in [6, 6.07) is 0. The van der Waals surface area contributed by atoms with Crippen LogP contribution in [0.25, 0.3) is 0 Å². The van der Waals surface area contributed by atoms with Crippen molar-refractivity contribution in [2.75, 3.05) is 27.2 Å². The molecule has 0 aromatic carbocycles. The molecule has 5 heteroatoms. The van der Waals surface area contributed by atoms with Gasteiger partial charge in [0.05, 0.1) is 5.92 Å². The molecule has 0 aliphatic heterocycles. The van der Waals surface area contributed by atoms with Crippen molar-refractivity contribution in [3.8, 4) is 0 Å². The Morgan fingerprint density at radius 3 is 1.43 bits per heavy atom. The molecule has 0 amide bonds. The molecular formula is C42H79NO4. The Hall–Kier alpha value is -1.62. The van der Waals surface area contributed by atoms with Crippen molar-refractivity contribution >= 4 is 11.9 Å². The van der Waals surface area contributed by atoms with E-state index in [0.717, 1.165) is 44.9 Å². The van der Waals surface area contributed by atoms with Gasteiger partial charge >= 0.3 is 11.9 Å². The summed E-state index contributed by atoms with van der Waals surface area (Å²) in [4.78, 5) is 27.1. The average Bonchev–Trinajstić information content (AvgIpc) is 3.05. The Balaban J connectivity index is 3.91. The second-order valence-electron chi connectivity index (χ2n) is 14.3. The van der Waals surface area contributed by atoms with E-state index in [-0.39, 0.29) is 24.5 Å². The van der Waals surface area contributed by atoms with Crippen LogP contribution in [0.2, 0.25) is 0 Å². The van der Waals surface area contributed by atoms with Gasteiger partial charge in [-0.05, 0) is 78.3 Å². The van der Waals surface area contributed by atoms with E-state index in [0.29, 0.717) is 13.0 Å². The molecule has 0 fully saturated rings. The quantitative estimate of drug-likeness (QED) is 0.0384. The highest BCUT2D eigenvalue weighted by Crippen LogP contribution is 2.15. The van der Waals surface area contributed by atoms with Crippen molar-refractivity contribution in [2.24, 2.45) is 5.92 Å². The maximum absolute atomic E-state index is 12.8. The number of rotatable bonds is 35. The Morgan fingerprint density at radius 1 is 0.574 bits per heavy atom. The number of carbonyl (C=O) groups excluding carboxylic acids is 2. The summed E-state index contributed by atoms with van der Waals surface area (Å²) in [6.07, 6.45) is 41.5. The van der Waals surface area contributed by atoms with Crippen molar-refractivity contribution in [2.45, 2.75) is 200 Å². The molecule has 276 valence electrons. The third-order valence-corrected chi connectivity index (χ3v) is 8.98. The van der Waals surface area contributed by atoms with Crippen LogP contribution in [-0.2, 0) is 19.1 Å². The van der Waals surface area contributed by atoms with Crippen LogP contribution in [0.15, 0.2) is 24.3 Å². The molecule has 47 heavy (non-hydrogen) atoms. The normalized spacial score (nSPS) is 13.1. The van der Waals surface area contributed by atoms with E-state index in [1.807, 2.05) is 25.9 Å². The minimum atomic E-state index is -0.429. The summed E-state index contributed by atoms with van der Waals surface area (Å²) < 4.78 is 11.3. The summed E-state index contributed by atoms with van der Waals surface area (Å²) in [6.45, 7) is 7.17. The van der Waals surface area contributed by atoms with Crippen LogP contribution in [0.1, 0.15) is 194 Å². The summed E-state index contributed by atoms with van der Waals surface area (Å²) in [5.41, 5.74) is 0. The Kier molecular flexibility index (Phi) is 34.5. The molecule has 0 saturated heterocycles. The maximum atomic E-state index is 12.8. The molecule has 0 aromatic heterocycles. The van der Waals surface area contributed by atoms with Gasteiger partial charge in [0, 0.05) is 13.0 Å². The van der Waals surface area contributed by atoms with Crippen molar-refractivity contribution in [1.82, 2.24) is 4.90 Å². The van der Waals surface area contributed by atoms with Crippen LogP contribution < -0.4 is 0 Å². The lowest BCUT2D eigenvalue weighted by molar-refractivity contribution is -0.163. The van der Waals surface area contributed by atoms with E-state index in [1.54, 1.807) is 0 Å². The minimum absolute atomic E-state index is 0.132. The van der Waals surface area contributed by atoms with Crippen LogP contribution in [-0.4, -0.2) is 50.2 Å². The molecule has 0 saturated carbocycles. The summed E-state index contributed by atoms with van der Waals surface area (Å²) in [7, 11) is 3.89. The first kappa shape index (κ1) is 45.4. The Morgan fingerprint density at radius 2 is 0.979 bits per heavy atom. The first-order valence-corrected chi connectivity index (χ1v) is 20.2. The zero-order valence-electron chi connectivity index (χ0n) is 32.1. The molecule has 0 aromatic rings. The predicted molar refractivity (Wildman–Crippen MR) is 203 cm³/mol. The number of carbonyl (C=O) groups is 2. The maximum Gasteiger partial charge on any atom is 0.309 e. The highest BCUT2D eigenvalue weighted by Gasteiger charge is 2.22. The van der Waals surface area contributed by atoms with Gasteiger partial charge in [-0.3, -0.25) is 9.59 Å². The fourth-order valence-corrected chi connectivity index (χ4v) is 5.87. The zero-order chi connectivity index (χ0) is 34.6. The molecule has 0 rings (SSSR count). The van der Waals surface area contributed by atoms with Crippen LogP contribution in [0, 0.1) is 5.92 Å². The number of allylic oxidation sites excluding steroid dienone is 4. The lowest BCUT2D eigenvalue weighted by Crippen LogP contribution is -2.36. The molecule has 0 aliphatic rings. The van der Waals surface area contributed by atoms with Gasteiger partial charge in [-0.1, -0.05) is 148 Å². The predicted octanol–water partition coefficient (Wildman–Crippen LogP) is 12.3. The van der Waals surface area contributed by atoms with Crippen LogP contribution >= 0.6 is 0 Å². The van der Waals surface area contributed by atoms with Crippen molar-refractivity contribution in [3.05, 3.63) is 24.3 Å². The number of unbranched alkanes of at least 4 members (excludes halogenated alkanes) is 21. The number of nitrogens with zero attached hydrogens (tertiary/aromatic N) is 1. The van der Waals surface area contributed by atoms with Gasteiger partial charge in [-0.15, -0.1) is 0 Å². The van der Waals surface area contributed by atoms with Gasteiger partial charge in [0.1, 0.15) is 12.7 Å². The van der Waals surface area contributed by atoms with E-state index in [4.69, 9.17) is 9.47 Å². The first-order chi connectivity index (χ1) is 22.9. The van der Waals surface area contributed by atoms with Crippen molar-refractivity contribution in [3.63, 3.8) is 0 Å². The largest absolute Gasteiger partial charge is 0.462 e. The second kappa shape index (κ2) is 35.7. The smallest absolute Gasteiger partial charge is 0.309 e. The third-order valence-electron chi connectivity index (χ3n) is 8.98. The topological polar surface area (TPSA) is 55.8 Å². The number of hydrogen-bond acceptors (Lipinski definition) is 5. The monoisotopic (exact) mass is 662 g/mol. The fraction of sp³-hybridized carbons (Fsp3) is 0.857. The average molecular weight is 662 g/mol. The first-order valence-electron chi connectivity index (χ1n) is 20.2. The minimum Gasteiger partial charge on any atom is -0.462 e. The standard InChI is InChI=1S/C42H79NO4/c1-6-8-10-12-14-16-18-20-22-24-26-28-30-32-34-36-41(44)46-38-40(37-43(4)5)47-42(45)39(3)35-33-31-29-27-25-23-21-19-17-15-13-11-9-7-2/h20-23,39-40H,6-19,24-38H2,1-5H3/b22-20-,23-21-/t39-,40?/m1/s1. The van der Waals surface area contributed by atoms with Gasteiger partial charge in [-0.25, -0.2) is 0 Å². The molecule has 0 N–H and O–H groups in total. The summed E-state index contributed by atoms with van der Waals surface area (Å²) in [5.74, 6) is -0.501. The highest BCUT2D eigenvalue weighted by molar-refractivity contribution is 5.72. The second-order valence-corrected chi connectivity index (χ2v) is 14.3. The number of likely N-dealkylation sites (N-methyl/N-ethyl adjacent to an activating group) is 1. The molecule has 1 unspecified atom stereocenters. The van der Waals surface area contributed by atoms with Gasteiger partial charge < -0.3 is 14.4 Å². The molecule has 2 atom stereocenters. The molecule has 0 heterocycles. The SMILES string of the molecule is CCCCCCCC/C=C\CCCCCCCC(=O)OCC(CN(C)C)OC(=O)[C@H](C)CCCCCC/C=C\CCCCCCCC. The van der Waals surface area contributed by atoms with Crippen LogP contribution in [0.3, 0.4) is 0 Å². The van der Waals surface area contributed by atoms with Gasteiger partial charge in [-0.2, -0.15) is 0 Å². The summed E-state index contributed by atoms with van der Waals surface area (Å²) in [5, 5.41) is 0. The molecule has 0 bridgehead atoms. The molecule has 0 spiro atoms. The Bertz CT molecular complexity index is 747. The lowest BCUT2D eigenvalue weighted by Gasteiger charge is -2.23. The highest BCUT2D eigenvalue weighted by atomic mass is 16.6. The Labute approximate surface area is 293 Å². The fourth-order valence-electron chi connectivity index (χ4n) is 5.87. The third kappa shape index (κ3) is 34.1. The molecule has 0 radical (unpaired) electrons. The number of esters is 2. The van der Waals surface area contributed by atoms with E-state index in [9.17, 15) is 9.59 Å². The van der Waals surface area contributed by atoms with E-state index >= 15 is 0 Å². The van der Waals surface area contributed by atoms with Crippen molar-refractivity contribution in [1.29, 1.82) is 0 Å². The number of hydrogen-bond donors (Lipinski definition) is 0.